The molecule has 1 atom stereocenters. The van der Waals surface area contributed by atoms with Crippen molar-refractivity contribution in [3.63, 3.8) is 0 Å². The zero-order valence-electron chi connectivity index (χ0n) is 20.4. The minimum Gasteiger partial charge on any atom is -0.383 e. The number of hydrogen-bond acceptors (Lipinski definition) is 8. The van der Waals surface area contributed by atoms with E-state index in [-0.39, 0.29) is 11.5 Å². The number of nitrogens with zero attached hydrogens (tertiary/aromatic N) is 4. The molecule has 36 heavy (non-hydrogen) atoms. The van der Waals surface area contributed by atoms with Crippen LogP contribution in [-0.4, -0.2) is 27.6 Å². The van der Waals surface area contributed by atoms with Crippen LogP contribution in [0, 0.1) is 22.7 Å². The normalized spacial score (nSPS) is 16.3. The van der Waals surface area contributed by atoms with E-state index in [4.69, 9.17) is 11.6 Å². The van der Waals surface area contributed by atoms with Crippen LogP contribution < -0.4 is 21.6 Å². The molecule has 8 nitrogen and oxygen atoms in total. The molecule has 2 aromatic heterocycles. The lowest BCUT2D eigenvalue weighted by atomic mass is 9.96. The lowest BCUT2D eigenvalue weighted by molar-refractivity contribution is 0.260. The van der Waals surface area contributed by atoms with Crippen molar-refractivity contribution in [1.29, 1.82) is 5.26 Å². The van der Waals surface area contributed by atoms with Gasteiger partial charge in [0.15, 0.2) is 0 Å². The first kappa shape index (κ1) is 24.1. The fraction of sp³-hybridized carbons (Fsp3) is 0.346. The molecule has 1 unspecified atom stereocenters. The molecule has 5 rings (SSSR count). The number of nitrogens with one attached hydrogen (secondary N) is 4. The maximum Gasteiger partial charge on any atom is 0.212 e. The van der Waals surface area contributed by atoms with Crippen molar-refractivity contribution in [3.8, 4) is 6.07 Å². The van der Waals surface area contributed by atoms with Crippen LogP contribution in [0.4, 0.5) is 15.8 Å². The summed E-state index contributed by atoms with van der Waals surface area (Å²) in [4.78, 5) is 8.30. The molecule has 1 saturated carbocycles. The highest BCUT2D eigenvalue weighted by Crippen LogP contribution is 2.36. The van der Waals surface area contributed by atoms with Gasteiger partial charge in [-0.1, -0.05) is 38.4 Å². The van der Waals surface area contributed by atoms with E-state index in [1.165, 1.54) is 12.3 Å². The Hall–Kier alpha value is -3.61. The molecule has 10 heteroatoms. The molecular weight excluding hydrogens is 479 g/mol. The molecule has 4 N–H and O–H groups in total. The number of fused-ring (bicyclic) bond motifs is 1. The molecule has 0 bridgehead atoms. The van der Waals surface area contributed by atoms with Gasteiger partial charge in [-0.05, 0) is 42.0 Å². The van der Waals surface area contributed by atoms with Gasteiger partial charge in [0.1, 0.15) is 6.07 Å². The number of pyridine rings is 2. The number of hydrazine groups is 2. The molecule has 3 heterocycles. The first-order valence-electron chi connectivity index (χ1n) is 11.9. The molecule has 186 valence electrons. The van der Waals surface area contributed by atoms with Crippen molar-refractivity contribution in [2.45, 2.75) is 45.7 Å². The lowest BCUT2D eigenvalue weighted by Crippen LogP contribution is -2.38. The monoisotopic (exact) mass is 506 g/mol. The highest BCUT2D eigenvalue weighted by Gasteiger charge is 2.32. The van der Waals surface area contributed by atoms with E-state index in [1.54, 1.807) is 12.3 Å². The molecule has 0 saturated heterocycles. The summed E-state index contributed by atoms with van der Waals surface area (Å²) in [6, 6.07) is 9.13. The topological polar surface area (TPSA) is 101 Å². The Balaban J connectivity index is 1.55. The highest BCUT2D eigenvalue weighted by molar-refractivity contribution is 6.35. The molecule has 2 aliphatic rings. The number of aromatic nitrogens is 2. The number of hydrogen-bond donors (Lipinski definition) is 4. The molecule has 0 spiro atoms. The van der Waals surface area contributed by atoms with Gasteiger partial charge < -0.3 is 16.1 Å². The predicted molar refractivity (Wildman–Crippen MR) is 139 cm³/mol. The largest absolute Gasteiger partial charge is 0.383 e. The molecule has 0 amide bonds. The van der Waals surface area contributed by atoms with Crippen molar-refractivity contribution in [2.75, 3.05) is 17.2 Å². The summed E-state index contributed by atoms with van der Waals surface area (Å²) >= 11 is 6.68. The Morgan fingerprint density at radius 3 is 2.72 bits per heavy atom. The molecule has 0 radical (unpaired) electrons. The van der Waals surface area contributed by atoms with Gasteiger partial charge in [-0.25, -0.2) is 4.98 Å². The Kier molecular flexibility index (Phi) is 6.33. The molecule has 1 aliphatic heterocycles. The molecule has 1 aromatic carbocycles. The second-order valence-corrected chi connectivity index (χ2v) is 10.8. The van der Waals surface area contributed by atoms with Crippen LogP contribution in [0.25, 0.3) is 10.9 Å². The summed E-state index contributed by atoms with van der Waals surface area (Å²) in [6.07, 6.45) is 7.35. The van der Waals surface area contributed by atoms with E-state index in [2.05, 4.69) is 58.4 Å². The molecule has 1 aliphatic carbocycles. The van der Waals surface area contributed by atoms with Gasteiger partial charge in [-0.15, -0.1) is 5.53 Å². The third-order valence-electron chi connectivity index (χ3n) is 6.09. The van der Waals surface area contributed by atoms with Crippen molar-refractivity contribution in [1.82, 2.24) is 25.9 Å². The molecule has 1 fully saturated rings. The highest BCUT2D eigenvalue weighted by atomic mass is 35.5. The summed E-state index contributed by atoms with van der Waals surface area (Å²) in [5.41, 5.74) is 10.5. The van der Waals surface area contributed by atoms with Gasteiger partial charge in [0, 0.05) is 42.3 Å². The van der Waals surface area contributed by atoms with Crippen molar-refractivity contribution >= 4 is 33.9 Å². The maximum atomic E-state index is 13.6. The predicted octanol–water partition coefficient (Wildman–Crippen LogP) is 5.23. The van der Waals surface area contributed by atoms with Crippen molar-refractivity contribution < 1.29 is 4.39 Å². The minimum atomic E-state index is -0.540. The van der Waals surface area contributed by atoms with Crippen LogP contribution in [0.2, 0.25) is 5.02 Å². The quantitative estimate of drug-likeness (QED) is 0.323. The van der Waals surface area contributed by atoms with Gasteiger partial charge in [-0.2, -0.15) is 9.65 Å². The van der Waals surface area contributed by atoms with E-state index in [0.717, 1.165) is 35.2 Å². The third-order valence-corrected chi connectivity index (χ3v) is 6.38. The van der Waals surface area contributed by atoms with Crippen LogP contribution in [0.5, 0.6) is 0 Å². The standard InChI is InChI=1S/C26H28ClFN8/c1-26(2,3)14-32-23-16(10-29)12-31-25-19(23)8-17(9-20(25)27)33-24(15-4-7-22(28)30-11-15)21-13-36(35-34-21)18-5-6-18/h4,7-9,11-13,18,24,33-35H,5-6,14H2,1-3H3,(H,31,32). The zero-order chi connectivity index (χ0) is 25.4. The Bertz CT molecular complexity index is 1360. The average molecular weight is 507 g/mol. The van der Waals surface area contributed by atoms with Crippen LogP contribution >= 0.6 is 11.6 Å². The Morgan fingerprint density at radius 1 is 1.25 bits per heavy atom. The molecular formula is C26H28ClFN8. The van der Waals surface area contributed by atoms with E-state index in [0.29, 0.717) is 34.4 Å². The fourth-order valence-corrected chi connectivity index (χ4v) is 4.34. The number of rotatable bonds is 7. The summed E-state index contributed by atoms with van der Waals surface area (Å²) in [6.45, 7) is 7.04. The van der Waals surface area contributed by atoms with E-state index >= 15 is 0 Å². The van der Waals surface area contributed by atoms with Crippen molar-refractivity contribution in [2.24, 2.45) is 5.41 Å². The second-order valence-electron chi connectivity index (χ2n) is 10.4. The summed E-state index contributed by atoms with van der Waals surface area (Å²) in [7, 11) is 0. The van der Waals surface area contributed by atoms with Gasteiger partial charge in [0.2, 0.25) is 5.95 Å². The van der Waals surface area contributed by atoms with E-state index in [1.807, 2.05) is 23.3 Å². The van der Waals surface area contributed by atoms with Crippen LogP contribution in [0.1, 0.15) is 50.8 Å². The second kappa shape index (κ2) is 9.45. The van der Waals surface area contributed by atoms with Gasteiger partial charge in [0.05, 0.1) is 33.5 Å². The van der Waals surface area contributed by atoms with Crippen molar-refractivity contribution in [3.05, 3.63) is 70.7 Å². The van der Waals surface area contributed by atoms with Gasteiger partial charge in [0.25, 0.3) is 0 Å². The summed E-state index contributed by atoms with van der Waals surface area (Å²) < 4.78 is 13.6. The number of nitriles is 1. The van der Waals surface area contributed by atoms with E-state index < -0.39 is 5.95 Å². The fourth-order valence-electron chi connectivity index (χ4n) is 4.08. The lowest BCUT2D eigenvalue weighted by Gasteiger charge is -2.23. The minimum absolute atomic E-state index is 0.00367. The SMILES string of the molecule is CC(C)(C)CNc1c(C#N)cnc2c(Cl)cc(NC(C3=CN(C4CC4)NN3)c3ccc(F)nc3)cc12. The summed E-state index contributed by atoms with van der Waals surface area (Å²) in [5, 5.41) is 19.9. The van der Waals surface area contributed by atoms with Gasteiger partial charge >= 0.3 is 0 Å². The Morgan fingerprint density at radius 2 is 2.06 bits per heavy atom. The first-order chi connectivity index (χ1) is 17.2. The average Bonchev–Trinajstić information content (AvgIpc) is 3.58. The number of halogens is 2. The number of benzene rings is 1. The summed E-state index contributed by atoms with van der Waals surface area (Å²) in [5.74, 6) is -0.540. The smallest absolute Gasteiger partial charge is 0.212 e. The first-order valence-corrected chi connectivity index (χ1v) is 12.3. The Labute approximate surface area is 214 Å². The van der Waals surface area contributed by atoms with Crippen LogP contribution in [-0.2, 0) is 0 Å². The van der Waals surface area contributed by atoms with E-state index in [9.17, 15) is 9.65 Å². The maximum absolute atomic E-state index is 13.6. The van der Waals surface area contributed by atoms with Crippen LogP contribution in [0.15, 0.2) is 48.6 Å². The van der Waals surface area contributed by atoms with Crippen LogP contribution in [0.3, 0.4) is 0 Å². The van der Waals surface area contributed by atoms with Gasteiger partial charge in [-0.3, -0.25) is 9.99 Å². The zero-order valence-corrected chi connectivity index (χ0v) is 21.1. The molecule has 3 aromatic rings. The number of anilines is 2. The third kappa shape index (κ3) is 5.15.